The van der Waals surface area contributed by atoms with E-state index in [-0.39, 0.29) is 5.69 Å². The maximum absolute atomic E-state index is 10.9. The normalized spacial score (nSPS) is 11.0. The van der Waals surface area contributed by atoms with Gasteiger partial charge in [0.1, 0.15) is 0 Å². The third kappa shape index (κ3) is 4.38. The number of hydrogen-bond donors (Lipinski definition) is 0. The Morgan fingerprint density at radius 3 is 2.31 bits per heavy atom. The Morgan fingerprint density at radius 1 is 0.962 bits per heavy atom. The first kappa shape index (κ1) is 17.5. The maximum atomic E-state index is 10.9. The molecular formula is C21H14N2O2S. The highest BCUT2D eigenvalue weighted by Crippen LogP contribution is 2.28. The number of allylic oxidation sites excluding steroid dienone is 1. The van der Waals surface area contributed by atoms with Crippen molar-refractivity contribution >= 4 is 29.1 Å². The fourth-order valence-corrected chi connectivity index (χ4v) is 3.23. The van der Waals surface area contributed by atoms with Crippen molar-refractivity contribution in [1.29, 1.82) is 5.26 Å². The van der Waals surface area contributed by atoms with E-state index in [0.29, 0.717) is 11.1 Å². The fourth-order valence-electron chi connectivity index (χ4n) is 2.39. The number of nitro benzene ring substituents is 1. The van der Waals surface area contributed by atoms with Gasteiger partial charge in [0.15, 0.2) is 0 Å². The Kier molecular flexibility index (Phi) is 5.47. The van der Waals surface area contributed by atoms with Crippen molar-refractivity contribution in [2.75, 3.05) is 0 Å². The third-order valence-electron chi connectivity index (χ3n) is 3.66. The van der Waals surface area contributed by atoms with Gasteiger partial charge in [0, 0.05) is 21.9 Å². The molecule has 0 aliphatic rings. The van der Waals surface area contributed by atoms with Crippen LogP contribution in [0.3, 0.4) is 0 Å². The molecule has 0 N–H and O–H groups in total. The first-order valence-electron chi connectivity index (χ1n) is 7.85. The number of non-ortho nitro benzene ring substituents is 1. The summed E-state index contributed by atoms with van der Waals surface area (Å²) in [7, 11) is 0. The Morgan fingerprint density at radius 2 is 1.65 bits per heavy atom. The zero-order chi connectivity index (χ0) is 18.4. The summed E-state index contributed by atoms with van der Waals surface area (Å²) in [6.45, 7) is 0. The van der Waals surface area contributed by atoms with Crippen LogP contribution in [0.5, 0.6) is 0 Å². The highest BCUT2D eigenvalue weighted by atomic mass is 32.2. The van der Waals surface area contributed by atoms with Crippen LogP contribution < -0.4 is 0 Å². The lowest BCUT2D eigenvalue weighted by Crippen LogP contribution is -1.89. The summed E-state index contributed by atoms with van der Waals surface area (Å²) in [6.07, 6.45) is 1.73. The van der Waals surface area contributed by atoms with E-state index in [2.05, 4.69) is 18.2 Å². The molecule has 0 radical (unpaired) electrons. The van der Waals surface area contributed by atoms with Crippen molar-refractivity contribution in [2.24, 2.45) is 0 Å². The summed E-state index contributed by atoms with van der Waals surface area (Å²) in [5.41, 5.74) is 1.75. The number of benzene rings is 3. The minimum atomic E-state index is -0.464. The van der Waals surface area contributed by atoms with Gasteiger partial charge in [0.25, 0.3) is 5.69 Å². The van der Waals surface area contributed by atoms with Crippen molar-refractivity contribution in [3.63, 3.8) is 0 Å². The van der Waals surface area contributed by atoms with Crippen molar-refractivity contribution in [2.45, 2.75) is 9.79 Å². The Labute approximate surface area is 155 Å². The smallest absolute Gasteiger partial charge is 0.258 e. The first-order chi connectivity index (χ1) is 12.7. The number of hydrogen-bond acceptors (Lipinski definition) is 4. The molecule has 126 valence electrons. The number of rotatable bonds is 5. The van der Waals surface area contributed by atoms with Gasteiger partial charge in [0.05, 0.1) is 16.6 Å². The molecule has 0 amide bonds. The largest absolute Gasteiger partial charge is 0.270 e. The molecule has 0 heterocycles. The van der Waals surface area contributed by atoms with Crippen LogP contribution in [-0.2, 0) is 0 Å². The molecule has 0 unspecified atom stereocenters. The van der Waals surface area contributed by atoms with Gasteiger partial charge in [-0.2, -0.15) is 5.26 Å². The molecule has 3 aromatic carbocycles. The van der Waals surface area contributed by atoms with Crippen LogP contribution in [-0.4, -0.2) is 4.92 Å². The van der Waals surface area contributed by atoms with E-state index < -0.39 is 4.92 Å². The van der Waals surface area contributed by atoms with Crippen molar-refractivity contribution in [1.82, 2.24) is 0 Å². The second kappa shape index (κ2) is 8.15. The standard InChI is InChI=1S/C21H14N2O2S/c22-15-18(17-5-4-6-19(14-17)23(24)25)13-16-9-11-21(12-10-16)26-20-7-2-1-3-8-20/h1-14H. The molecule has 3 aromatic rings. The lowest BCUT2D eigenvalue weighted by Gasteiger charge is -2.03. The number of nitrogens with zero attached hydrogens (tertiary/aromatic N) is 2. The summed E-state index contributed by atoms with van der Waals surface area (Å²) in [6, 6.07) is 26.1. The minimum Gasteiger partial charge on any atom is -0.258 e. The van der Waals surface area contributed by atoms with Crippen molar-refractivity contribution < 1.29 is 4.92 Å². The van der Waals surface area contributed by atoms with E-state index >= 15 is 0 Å². The molecule has 4 nitrogen and oxygen atoms in total. The van der Waals surface area contributed by atoms with Crippen LogP contribution in [0.1, 0.15) is 11.1 Å². The van der Waals surface area contributed by atoms with Gasteiger partial charge >= 0.3 is 0 Å². The molecule has 5 heteroatoms. The Balaban J connectivity index is 1.83. The van der Waals surface area contributed by atoms with Crippen LogP contribution >= 0.6 is 11.8 Å². The predicted molar refractivity (Wildman–Crippen MR) is 104 cm³/mol. The average molecular weight is 358 g/mol. The monoisotopic (exact) mass is 358 g/mol. The van der Waals surface area contributed by atoms with Gasteiger partial charge in [0.2, 0.25) is 0 Å². The van der Waals surface area contributed by atoms with E-state index in [0.717, 1.165) is 15.4 Å². The summed E-state index contributed by atoms with van der Waals surface area (Å²) in [4.78, 5) is 12.7. The van der Waals surface area contributed by atoms with Gasteiger partial charge in [-0.15, -0.1) is 0 Å². The summed E-state index contributed by atoms with van der Waals surface area (Å²) >= 11 is 1.66. The van der Waals surface area contributed by atoms with E-state index in [1.165, 1.54) is 12.1 Å². The zero-order valence-corrected chi connectivity index (χ0v) is 14.5. The lowest BCUT2D eigenvalue weighted by molar-refractivity contribution is -0.384. The molecule has 0 spiro atoms. The molecule has 0 saturated heterocycles. The van der Waals surface area contributed by atoms with Gasteiger partial charge in [-0.25, -0.2) is 0 Å². The molecule has 0 bridgehead atoms. The molecule has 0 fully saturated rings. The quantitative estimate of drug-likeness (QED) is 0.250. The van der Waals surface area contributed by atoms with Crippen LogP contribution in [0.25, 0.3) is 11.6 Å². The summed E-state index contributed by atoms with van der Waals surface area (Å²) in [5.74, 6) is 0. The molecule has 0 aliphatic heterocycles. The van der Waals surface area contributed by atoms with Gasteiger partial charge < -0.3 is 0 Å². The van der Waals surface area contributed by atoms with E-state index in [1.54, 1.807) is 30.0 Å². The lowest BCUT2D eigenvalue weighted by atomic mass is 10.0. The Bertz CT molecular complexity index is 991. The predicted octanol–water partition coefficient (Wildman–Crippen LogP) is 5.81. The minimum absolute atomic E-state index is 0.0294. The second-order valence-electron chi connectivity index (χ2n) is 5.46. The molecule has 0 aromatic heterocycles. The highest BCUT2D eigenvalue weighted by molar-refractivity contribution is 7.99. The van der Waals surface area contributed by atoms with Crippen molar-refractivity contribution in [3.8, 4) is 6.07 Å². The maximum Gasteiger partial charge on any atom is 0.270 e. The topological polar surface area (TPSA) is 66.9 Å². The molecular weight excluding hydrogens is 344 g/mol. The molecule has 26 heavy (non-hydrogen) atoms. The van der Waals surface area contributed by atoms with Gasteiger partial charge in [-0.1, -0.05) is 54.2 Å². The highest BCUT2D eigenvalue weighted by Gasteiger charge is 2.09. The Hall–Kier alpha value is -3.36. The molecule has 3 rings (SSSR count). The van der Waals surface area contributed by atoms with Crippen LogP contribution in [0.2, 0.25) is 0 Å². The first-order valence-corrected chi connectivity index (χ1v) is 8.67. The fraction of sp³-hybridized carbons (Fsp3) is 0. The van der Waals surface area contributed by atoms with Crippen molar-refractivity contribution in [3.05, 3.63) is 100 Å². The summed E-state index contributed by atoms with van der Waals surface area (Å²) < 4.78 is 0. The molecule has 0 saturated carbocycles. The van der Waals surface area contributed by atoms with E-state index in [9.17, 15) is 15.4 Å². The summed E-state index contributed by atoms with van der Waals surface area (Å²) in [5, 5.41) is 20.3. The second-order valence-corrected chi connectivity index (χ2v) is 6.61. The van der Waals surface area contributed by atoms with Crippen LogP contribution in [0.15, 0.2) is 88.7 Å². The molecule has 0 aliphatic carbocycles. The molecule has 0 atom stereocenters. The van der Waals surface area contributed by atoms with Crippen LogP contribution in [0.4, 0.5) is 5.69 Å². The average Bonchev–Trinajstić information content (AvgIpc) is 2.68. The van der Waals surface area contributed by atoms with E-state index in [4.69, 9.17) is 0 Å². The SMILES string of the molecule is N#CC(=Cc1ccc(Sc2ccccc2)cc1)c1cccc([N+](=O)[O-])c1. The van der Waals surface area contributed by atoms with Gasteiger partial charge in [-0.05, 0) is 41.5 Å². The number of nitro groups is 1. The van der Waals surface area contributed by atoms with E-state index in [1.807, 2.05) is 42.5 Å². The zero-order valence-electron chi connectivity index (χ0n) is 13.7. The van der Waals surface area contributed by atoms with Gasteiger partial charge in [-0.3, -0.25) is 10.1 Å². The van der Waals surface area contributed by atoms with Crippen LogP contribution in [0, 0.1) is 21.4 Å². The third-order valence-corrected chi connectivity index (χ3v) is 4.67. The number of nitriles is 1.